The van der Waals surface area contributed by atoms with Crippen molar-refractivity contribution in [1.29, 1.82) is 0 Å². The molecule has 0 nitrogen and oxygen atoms in total. The average molecular weight is 152 g/mol. The molecule has 2 aliphatic rings. The van der Waals surface area contributed by atoms with Crippen LogP contribution in [0.15, 0.2) is 0 Å². The Balaban J connectivity index is 2.07. The molecule has 0 bridgehead atoms. The molecule has 0 radical (unpaired) electrons. The molecule has 2 fully saturated rings. The topological polar surface area (TPSA) is 0 Å². The molecule has 2 rings (SSSR count). The van der Waals surface area contributed by atoms with Crippen LogP contribution in [0.4, 0.5) is 0 Å². The van der Waals surface area contributed by atoms with Gasteiger partial charge in [0.15, 0.2) is 0 Å². The molecule has 0 N–H and O–H groups in total. The van der Waals surface area contributed by atoms with Crippen molar-refractivity contribution in [3.8, 4) is 0 Å². The largest absolute Gasteiger partial charge is 0.0649 e. The molecule has 1 spiro atoms. The van der Waals surface area contributed by atoms with Gasteiger partial charge in [-0.3, -0.25) is 0 Å². The molecule has 2 saturated carbocycles. The first-order valence-corrected chi connectivity index (χ1v) is 5.05. The van der Waals surface area contributed by atoms with Gasteiger partial charge >= 0.3 is 0 Å². The van der Waals surface area contributed by atoms with Crippen LogP contribution in [0.1, 0.15) is 47.0 Å². The van der Waals surface area contributed by atoms with Crippen LogP contribution in [0.2, 0.25) is 0 Å². The van der Waals surface area contributed by atoms with Crippen LogP contribution in [-0.2, 0) is 0 Å². The lowest BCUT2D eigenvalue weighted by molar-refractivity contribution is -0.0471. The highest BCUT2D eigenvalue weighted by Crippen LogP contribution is 2.75. The van der Waals surface area contributed by atoms with Gasteiger partial charge in [-0.15, -0.1) is 0 Å². The smallest absolute Gasteiger partial charge is 0.0233 e. The lowest BCUT2D eigenvalue weighted by Gasteiger charge is -2.54. The van der Waals surface area contributed by atoms with Crippen molar-refractivity contribution < 1.29 is 0 Å². The molecule has 4 atom stereocenters. The Hall–Kier alpha value is 0. The Labute approximate surface area is 70.4 Å². The van der Waals surface area contributed by atoms with Gasteiger partial charge in [0, 0.05) is 0 Å². The zero-order chi connectivity index (χ0) is 8.28. The molecular formula is C11H20. The summed E-state index contributed by atoms with van der Waals surface area (Å²) in [5, 5.41) is 0. The zero-order valence-electron chi connectivity index (χ0n) is 8.28. The van der Waals surface area contributed by atoms with E-state index in [9.17, 15) is 0 Å². The quantitative estimate of drug-likeness (QED) is 0.539. The Kier molecular flexibility index (Phi) is 1.28. The first-order valence-electron chi connectivity index (χ1n) is 5.05. The fourth-order valence-electron chi connectivity index (χ4n) is 3.41. The van der Waals surface area contributed by atoms with Crippen molar-refractivity contribution in [2.75, 3.05) is 0 Å². The summed E-state index contributed by atoms with van der Waals surface area (Å²) >= 11 is 0. The second-order valence-corrected chi connectivity index (χ2v) is 5.24. The molecule has 4 unspecified atom stereocenters. The van der Waals surface area contributed by atoms with Crippen molar-refractivity contribution in [1.82, 2.24) is 0 Å². The van der Waals surface area contributed by atoms with Gasteiger partial charge in [-0.2, -0.15) is 0 Å². The van der Waals surface area contributed by atoms with Crippen molar-refractivity contribution >= 4 is 0 Å². The lowest BCUT2D eigenvalue weighted by Crippen LogP contribution is -2.46. The Morgan fingerprint density at radius 1 is 1.36 bits per heavy atom. The average Bonchev–Trinajstić information content (AvgIpc) is 2.63. The second-order valence-electron chi connectivity index (χ2n) is 5.24. The Morgan fingerprint density at radius 2 is 1.91 bits per heavy atom. The van der Waals surface area contributed by atoms with E-state index < -0.39 is 0 Å². The first-order chi connectivity index (χ1) is 5.05. The van der Waals surface area contributed by atoms with Gasteiger partial charge < -0.3 is 0 Å². The van der Waals surface area contributed by atoms with Gasteiger partial charge in [0.05, 0.1) is 0 Å². The summed E-state index contributed by atoms with van der Waals surface area (Å²) in [4.78, 5) is 0. The van der Waals surface area contributed by atoms with Crippen LogP contribution >= 0.6 is 0 Å². The number of hydrogen-bond donors (Lipinski definition) is 0. The molecule has 64 valence electrons. The minimum atomic E-state index is 0.699. The fourth-order valence-corrected chi connectivity index (χ4v) is 3.41. The maximum atomic E-state index is 2.47. The maximum Gasteiger partial charge on any atom is -0.0233 e. The van der Waals surface area contributed by atoms with Crippen molar-refractivity contribution in [3.63, 3.8) is 0 Å². The van der Waals surface area contributed by atoms with E-state index in [-0.39, 0.29) is 0 Å². The van der Waals surface area contributed by atoms with Crippen molar-refractivity contribution in [3.05, 3.63) is 0 Å². The van der Waals surface area contributed by atoms with Crippen molar-refractivity contribution in [2.45, 2.75) is 47.0 Å². The van der Waals surface area contributed by atoms with Crippen LogP contribution in [-0.4, -0.2) is 0 Å². The zero-order valence-corrected chi connectivity index (χ0v) is 8.28. The minimum absolute atomic E-state index is 0.699. The highest BCUT2D eigenvalue weighted by molar-refractivity contribution is 5.16. The third-order valence-electron chi connectivity index (χ3n) is 4.96. The summed E-state index contributed by atoms with van der Waals surface area (Å²) in [6, 6.07) is 0. The number of rotatable bonds is 1. The Morgan fingerprint density at radius 3 is 2.18 bits per heavy atom. The van der Waals surface area contributed by atoms with Gasteiger partial charge in [0.2, 0.25) is 0 Å². The molecule has 0 heteroatoms. The first kappa shape index (κ1) is 7.64. The standard InChI is InChI=1S/C11H20/c1-5-10(4)7-11(9(10)3)6-8(11)2/h8-9H,5-7H2,1-4H3. The molecule has 0 saturated heterocycles. The molecule has 11 heavy (non-hydrogen) atoms. The van der Waals surface area contributed by atoms with E-state index in [2.05, 4.69) is 27.7 Å². The molecule has 0 heterocycles. The Bertz CT molecular complexity index is 176. The van der Waals surface area contributed by atoms with Crippen LogP contribution in [0, 0.1) is 22.7 Å². The van der Waals surface area contributed by atoms with E-state index in [1.165, 1.54) is 19.3 Å². The third kappa shape index (κ3) is 0.711. The normalized spacial score (nSPS) is 61.1. The molecule has 0 aromatic rings. The lowest BCUT2D eigenvalue weighted by atomic mass is 9.51. The molecule has 0 aromatic heterocycles. The summed E-state index contributed by atoms with van der Waals surface area (Å²) in [5.41, 5.74) is 1.52. The van der Waals surface area contributed by atoms with E-state index in [0.717, 1.165) is 17.3 Å². The highest BCUT2D eigenvalue weighted by Gasteiger charge is 2.67. The molecule has 2 aliphatic carbocycles. The van der Waals surface area contributed by atoms with E-state index in [1.54, 1.807) is 0 Å². The van der Waals surface area contributed by atoms with Gasteiger partial charge in [-0.05, 0) is 35.5 Å². The van der Waals surface area contributed by atoms with Gasteiger partial charge in [0.25, 0.3) is 0 Å². The minimum Gasteiger partial charge on any atom is -0.0649 e. The van der Waals surface area contributed by atoms with Crippen LogP contribution < -0.4 is 0 Å². The predicted molar refractivity (Wildman–Crippen MR) is 48.4 cm³/mol. The molecule has 0 aromatic carbocycles. The van der Waals surface area contributed by atoms with Gasteiger partial charge in [-0.1, -0.05) is 34.1 Å². The third-order valence-corrected chi connectivity index (χ3v) is 4.96. The van der Waals surface area contributed by atoms with E-state index in [0.29, 0.717) is 5.41 Å². The second kappa shape index (κ2) is 1.84. The van der Waals surface area contributed by atoms with Gasteiger partial charge in [-0.25, -0.2) is 0 Å². The molecule has 0 aliphatic heterocycles. The fraction of sp³-hybridized carbons (Fsp3) is 1.00. The summed E-state index contributed by atoms with van der Waals surface area (Å²) in [6.45, 7) is 9.70. The summed E-state index contributed by atoms with van der Waals surface area (Å²) in [7, 11) is 0. The van der Waals surface area contributed by atoms with Crippen LogP contribution in [0.5, 0.6) is 0 Å². The summed E-state index contributed by atoms with van der Waals surface area (Å²) in [5.74, 6) is 2.03. The van der Waals surface area contributed by atoms with Crippen LogP contribution in [0.3, 0.4) is 0 Å². The summed E-state index contributed by atoms with van der Waals surface area (Å²) in [6.07, 6.45) is 4.41. The van der Waals surface area contributed by atoms with E-state index in [1.807, 2.05) is 0 Å². The van der Waals surface area contributed by atoms with Crippen molar-refractivity contribution in [2.24, 2.45) is 22.7 Å². The predicted octanol–water partition coefficient (Wildman–Crippen LogP) is 3.47. The van der Waals surface area contributed by atoms with E-state index >= 15 is 0 Å². The number of hydrogen-bond acceptors (Lipinski definition) is 0. The van der Waals surface area contributed by atoms with Crippen LogP contribution in [0.25, 0.3) is 0 Å². The SMILES string of the molecule is CCC1(C)CC2(CC2C)C1C. The molecule has 0 amide bonds. The highest BCUT2D eigenvalue weighted by atomic mass is 14.7. The van der Waals surface area contributed by atoms with E-state index in [4.69, 9.17) is 0 Å². The molecular weight excluding hydrogens is 132 g/mol. The maximum absolute atomic E-state index is 2.47. The van der Waals surface area contributed by atoms with Gasteiger partial charge in [0.1, 0.15) is 0 Å². The summed E-state index contributed by atoms with van der Waals surface area (Å²) < 4.78 is 0. The monoisotopic (exact) mass is 152 g/mol.